The molecule has 3 rings (SSSR count). The number of nitrogens with one attached hydrogen (secondary N) is 1. The maximum atomic E-state index is 12.1. The Kier molecular flexibility index (Phi) is 4.20. The zero-order valence-electron chi connectivity index (χ0n) is 12.1. The number of carbonyl (C=O) groups excluding carboxylic acids is 1. The quantitative estimate of drug-likeness (QED) is 0.775. The number of aryl methyl sites for hydroxylation is 2. The summed E-state index contributed by atoms with van der Waals surface area (Å²) in [5, 5.41) is 8.17. The van der Waals surface area contributed by atoms with Gasteiger partial charge in [0.05, 0.1) is 16.9 Å². The number of amides is 1. The van der Waals surface area contributed by atoms with Crippen molar-refractivity contribution in [2.45, 2.75) is 19.9 Å². The lowest BCUT2D eigenvalue weighted by atomic mass is 10.2. The molecule has 2 heterocycles. The van der Waals surface area contributed by atoms with Gasteiger partial charge in [0.1, 0.15) is 0 Å². The Morgan fingerprint density at radius 2 is 2.18 bits per heavy atom. The molecule has 0 unspecified atom stereocenters. The third-order valence-electron chi connectivity index (χ3n) is 3.33. The molecule has 1 N–H and O–H groups in total. The Morgan fingerprint density at radius 1 is 1.32 bits per heavy atom. The van der Waals surface area contributed by atoms with E-state index in [4.69, 9.17) is 0 Å². The van der Waals surface area contributed by atoms with E-state index in [0.717, 1.165) is 26.8 Å². The molecular formula is C16H15BrN4O. The van der Waals surface area contributed by atoms with Crippen molar-refractivity contribution >= 4 is 38.4 Å². The molecule has 0 aliphatic rings. The van der Waals surface area contributed by atoms with Crippen LogP contribution >= 0.6 is 15.9 Å². The Labute approximate surface area is 136 Å². The molecule has 0 radical (unpaired) electrons. The van der Waals surface area contributed by atoms with Crippen LogP contribution < -0.4 is 5.32 Å². The molecule has 0 aliphatic carbocycles. The van der Waals surface area contributed by atoms with Crippen molar-refractivity contribution in [2.75, 3.05) is 5.32 Å². The largest absolute Gasteiger partial charge is 0.324 e. The topological polar surface area (TPSA) is 59.8 Å². The first kappa shape index (κ1) is 14.7. The first-order valence-corrected chi connectivity index (χ1v) is 7.76. The molecule has 0 saturated heterocycles. The normalized spacial score (nSPS) is 10.8. The lowest BCUT2D eigenvalue weighted by Gasteiger charge is -2.09. The van der Waals surface area contributed by atoms with Crippen molar-refractivity contribution in [2.24, 2.45) is 0 Å². The summed E-state index contributed by atoms with van der Waals surface area (Å²) in [6.45, 7) is 2.48. The molecule has 0 bridgehead atoms. The fourth-order valence-electron chi connectivity index (χ4n) is 2.26. The first-order chi connectivity index (χ1) is 10.6. The van der Waals surface area contributed by atoms with Gasteiger partial charge in [0.25, 0.3) is 0 Å². The summed E-state index contributed by atoms with van der Waals surface area (Å²) in [5.41, 5.74) is 2.45. The van der Waals surface area contributed by atoms with Crippen LogP contribution in [-0.4, -0.2) is 20.7 Å². The Morgan fingerprint density at radius 3 is 2.95 bits per heavy atom. The van der Waals surface area contributed by atoms with Crippen LogP contribution in [0.4, 0.5) is 5.69 Å². The van der Waals surface area contributed by atoms with Gasteiger partial charge in [-0.25, -0.2) is 0 Å². The van der Waals surface area contributed by atoms with Gasteiger partial charge in [-0.2, -0.15) is 5.10 Å². The van der Waals surface area contributed by atoms with Crippen LogP contribution in [0.2, 0.25) is 0 Å². The van der Waals surface area contributed by atoms with Crippen LogP contribution in [0.25, 0.3) is 10.9 Å². The van der Waals surface area contributed by atoms with Crippen LogP contribution in [0.5, 0.6) is 0 Å². The summed E-state index contributed by atoms with van der Waals surface area (Å²) in [6.07, 6.45) is 3.96. The molecule has 5 nitrogen and oxygen atoms in total. The predicted octanol–water partition coefficient (Wildman–Crippen LogP) is 3.53. The van der Waals surface area contributed by atoms with Gasteiger partial charge in [-0.3, -0.25) is 14.5 Å². The highest BCUT2D eigenvalue weighted by Crippen LogP contribution is 2.28. The number of hydrogen-bond donors (Lipinski definition) is 1. The molecule has 0 aliphatic heterocycles. The number of aromatic nitrogens is 3. The van der Waals surface area contributed by atoms with Gasteiger partial charge in [0.2, 0.25) is 5.91 Å². The van der Waals surface area contributed by atoms with Gasteiger partial charge in [-0.1, -0.05) is 22.0 Å². The molecule has 2 aromatic heterocycles. The number of benzene rings is 1. The second-order valence-corrected chi connectivity index (χ2v) is 5.87. The van der Waals surface area contributed by atoms with E-state index < -0.39 is 0 Å². The number of pyridine rings is 1. The summed E-state index contributed by atoms with van der Waals surface area (Å²) in [4.78, 5) is 16.5. The van der Waals surface area contributed by atoms with Crippen molar-refractivity contribution in [1.29, 1.82) is 0 Å². The van der Waals surface area contributed by atoms with E-state index in [1.54, 1.807) is 10.9 Å². The van der Waals surface area contributed by atoms with Gasteiger partial charge >= 0.3 is 0 Å². The van der Waals surface area contributed by atoms with Crippen molar-refractivity contribution in [1.82, 2.24) is 14.8 Å². The highest BCUT2D eigenvalue weighted by molar-refractivity contribution is 9.10. The van der Waals surface area contributed by atoms with Crippen molar-refractivity contribution < 1.29 is 4.79 Å². The minimum absolute atomic E-state index is 0.0533. The van der Waals surface area contributed by atoms with E-state index in [9.17, 15) is 4.79 Å². The molecule has 0 saturated carbocycles. The highest BCUT2D eigenvalue weighted by Gasteiger charge is 2.09. The summed E-state index contributed by atoms with van der Waals surface area (Å²) < 4.78 is 2.73. The molecule has 22 heavy (non-hydrogen) atoms. The van der Waals surface area contributed by atoms with Gasteiger partial charge in [-0.15, -0.1) is 0 Å². The van der Waals surface area contributed by atoms with Gasteiger partial charge in [0.15, 0.2) is 0 Å². The average molecular weight is 359 g/mol. The molecule has 112 valence electrons. The van der Waals surface area contributed by atoms with Gasteiger partial charge < -0.3 is 5.32 Å². The van der Waals surface area contributed by atoms with E-state index in [1.807, 2.05) is 43.5 Å². The number of hydrogen-bond acceptors (Lipinski definition) is 3. The summed E-state index contributed by atoms with van der Waals surface area (Å²) in [5.74, 6) is -0.0533. The SMILES string of the molecule is Cc1ccn(CCC(=O)Nc2ccc(Br)c3cccnc23)n1. The van der Waals surface area contributed by atoms with Crippen molar-refractivity contribution in [3.05, 3.63) is 52.9 Å². The second-order valence-electron chi connectivity index (χ2n) is 5.01. The Hall–Kier alpha value is -2.21. The number of nitrogens with zero attached hydrogens (tertiary/aromatic N) is 3. The van der Waals surface area contributed by atoms with Crippen LogP contribution in [0, 0.1) is 6.92 Å². The molecule has 0 fully saturated rings. The average Bonchev–Trinajstić information content (AvgIpc) is 2.94. The third-order valence-corrected chi connectivity index (χ3v) is 4.02. The highest BCUT2D eigenvalue weighted by atomic mass is 79.9. The monoisotopic (exact) mass is 358 g/mol. The van der Waals surface area contributed by atoms with E-state index in [-0.39, 0.29) is 5.91 Å². The molecule has 3 aromatic rings. The number of carbonyl (C=O) groups is 1. The fourth-order valence-corrected chi connectivity index (χ4v) is 2.71. The molecule has 0 atom stereocenters. The standard InChI is InChI=1S/C16H15BrN4O/c1-11-6-9-21(20-11)10-7-15(22)19-14-5-4-13(17)12-3-2-8-18-16(12)14/h2-6,8-9H,7,10H2,1H3,(H,19,22). The summed E-state index contributed by atoms with van der Waals surface area (Å²) >= 11 is 3.50. The van der Waals surface area contributed by atoms with Crippen LogP contribution in [-0.2, 0) is 11.3 Å². The molecule has 1 aromatic carbocycles. The minimum Gasteiger partial charge on any atom is -0.324 e. The fraction of sp³-hybridized carbons (Fsp3) is 0.188. The van der Waals surface area contributed by atoms with Crippen molar-refractivity contribution in [3.63, 3.8) is 0 Å². The Bertz CT molecular complexity index is 828. The van der Waals surface area contributed by atoms with E-state index in [0.29, 0.717) is 13.0 Å². The molecule has 6 heteroatoms. The third kappa shape index (κ3) is 3.17. The number of rotatable bonds is 4. The summed E-state index contributed by atoms with van der Waals surface area (Å²) in [7, 11) is 0. The maximum Gasteiger partial charge on any atom is 0.226 e. The molecule has 0 spiro atoms. The number of anilines is 1. The van der Waals surface area contributed by atoms with Gasteiger partial charge in [0, 0.05) is 35.2 Å². The zero-order valence-corrected chi connectivity index (χ0v) is 13.7. The summed E-state index contributed by atoms with van der Waals surface area (Å²) in [6, 6.07) is 9.53. The van der Waals surface area contributed by atoms with E-state index in [1.165, 1.54) is 0 Å². The maximum absolute atomic E-state index is 12.1. The second kappa shape index (κ2) is 6.27. The minimum atomic E-state index is -0.0533. The Balaban J connectivity index is 1.73. The first-order valence-electron chi connectivity index (χ1n) is 6.96. The van der Waals surface area contributed by atoms with E-state index >= 15 is 0 Å². The van der Waals surface area contributed by atoms with Crippen LogP contribution in [0.15, 0.2) is 47.2 Å². The smallest absolute Gasteiger partial charge is 0.226 e. The van der Waals surface area contributed by atoms with Crippen molar-refractivity contribution in [3.8, 4) is 0 Å². The predicted molar refractivity (Wildman–Crippen MR) is 89.7 cm³/mol. The lowest BCUT2D eigenvalue weighted by molar-refractivity contribution is -0.116. The van der Waals surface area contributed by atoms with Crippen LogP contribution in [0.1, 0.15) is 12.1 Å². The molecular weight excluding hydrogens is 344 g/mol. The van der Waals surface area contributed by atoms with Crippen LogP contribution in [0.3, 0.4) is 0 Å². The molecule has 1 amide bonds. The van der Waals surface area contributed by atoms with Gasteiger partial charge in [-0.05, 0) is 31.2 Å². The zero-order chi connectivity index (χ0) is 15.5. The van der Waals surface area contributed by atoms with E-state index in [2.05, 4.69) is 31.3 Å². The number of fused-ring (bicyclic) bond motifs is 1. The lowest BCUT2D eigenvalue weighted by Crippen LogP contribution is -2.15. The number of halogens is 1.